The summed E-state index contributed by atoms with van der Waals surface area (Å²) in [5.74, 6) is -1.79. The fourth-order valence-corrected chi connectivity index (χ4v) is 4.26. The van der Waals surface area contributed by atoms with E-state index in [9.17, 15) is 24.3 Å². The largest absolute Gasteiger partial charge is 0.480 e. The van der Waals surface area contributed by atoms with Crippen LogP contribution in [0.15, 0.2) is 53.5 Å². The van der Waals surface area contributed by atoms with Crippen LogP contribution < -0.4 is 16.0 Å². The average molecular weight is 583 g/mol. The molecule has 0 aromatic heterocycles. The van der Waals surface area contributed by atoms with Crippen molar-refractivity contribution in [3.05, 3.63) is 59.7 Å². The molecule has 0 fully saturated rings. The Hall–Kier alpha value is -4.61. The number of carboxylic acids is 1. The molecule has 0 aliphatic heterocycles. The van der Waals surface area contributed by atoms with Crippen LogP contribution in [-0.2, 0) is 19.0 Å². The lowest BCUT2D eigenvalue weighted by Gasteiger charge is -2.22. The third-order valence-electron chi connectivity index (χ3n) is 5.86. The van der Waals surface area contributed by atoms with Crippen LogP contribution in [0.5, 0.6) is 0 Å². The summed E-state index contributed by atoms with van der Waals surface area (Å²) in [4.78, 5) is 53.1. The predicted molar refractivity (Wildman–Crippen MR) is 155 cm³/mol. The minimum Gasteiger partial charge on any atom is -0.480 e. The van der Waals surface area contributed by atoms with Gasteiger partial charge in [-0.3, -0.25) is 15.6 Å². The zero-order valence-electron chi connectivity index (χ0n) is 24.6. The molecule has 1 atom stereocenters. The number of carbonyl (C=O) groups excluding carboxylic acids is 3. The van der Waals surface area contributed by atoms with Gasteiger partial charge >= 0.3 is 24.2 Å². The van der Waals surface area contributed by atoms with Gasteiger partial charge in [-0.05, 0) is 70.2 Å². The lowest BCUT2D eigenvalue weighted by molar-refractivity contribution is -0.139. The summed E-state index contributed by atoms with van der Waals surface area (Å²) in [6.07, 6.45) is -2.84. The molecule has 3 amide bonds. The zero-order chi connectivity index (χ0) is 31.1. The molecule has 0 radical (unpaired) electrons. The third kappa shape index (κ3) is 9.50. The SMILES string of the molecule is CC(C)(C)OC(=O)NC(=NCC[C@H](NC(=O)OCC1c2ccccc2-c2ccccc21)C(=O)O)NC(=O)OC(C)(C)C. The number of carbonyl (C=O) groups is 4. The smallest absolute Gasteiger partial charge is 0.414 e. The normalized spacial score (nSPS) is 13.1. The lowest BCUT2D eigenvalue weighted by atomic mass is 9.98. The first-order chi connectivity index (χ1) is 19.6. The van der Waals surface area contributed by atoms with Gasteiger partial charge in [0.05, 0.1) is 0 Å². The van der Waals surface area contributed by atoms with Crippen LogP contribution in [0.2, 0.25) is 0 Å². The molecule has 0 unspecified atom stereocenters. The Morgan fingerprint density at radius 2 is 1.29 bits per heavy atom. The van der Waals surface area contributed by atoms with Gasteiger partial charge in [-0.25, -0.2) is 19.2 Å². The molecule has 0 saturated carbocycles. The minimum absolute atomic E-state index is 0.0219. The number of hydrogen-bond acceptors (Lipinski definition) is 8. The monoisotopic (exact) mass is 582 g/mol. The second kappa shape index (κ2) is 13.4. The highest BCUT2D eigenvalue weighted by atomic mass is 16.6. The van der Waals surface area contributed by atoms with Crippen LogP contribution in [0.25, 0.3) is 11.1 Å². The Labute approximate surface area is 244 Å². The summed E-state index contributed by atoms with van der Waals surface area (Å²) in [5.41, 5.74) is 2.56. The summed E-state index contributed by atoms with van der Waals surface area (Å²) in [6, 6.07) is 14.4. The molecule has 2 aromatic carbocycles. The summed E-state index contributed by atoms with van der Waals surface area (Å²) in [5, 5.41) is 16.7. The van der Waals surface area contributed by atoms with E-state index in [0.717, 1.165) is 22.3 Å². The molecule has 0 saturated heterocycles. The Bertz CT molecular complexity index is 1270. The summed E-state index contributed by atoms with van der Waals surface area (Å²) < 4.78 is 15.8. The standard InChI is InChI=1S/C30H38N4O8/c1-29(2,3)41-27(38)33-25(34-28(39)42-30(4,5)6)31-16-15-23(24(35)36)32-26(37)40-17-22-20-13-9-7-11-18(20)19-12-8-10-14-21(19)22/h7-14,22-23H,15-17H2,1-6H3,(H,32,37)(H,35,36)(H2,31,33,34,38,39)/t23-/m0/s1. The number of rotatable bonds is 7. The molecule has 12 nitrogen and oxygen atoms in total. The maximum absolute atomic E-state index is 12.6. The van der Waals surface area contributed by atoms with Crippen molar-refractivity contribution < 1.29 is 38.5 Å². The number of aliphatic carboxylic acids is 1. The number of fused-ring (bicyclic) bond motifs is 3. The molecule has 226 valence electrons. The molecular weight excluding hydrogens is 544 g/mol. The molecule has 0 heterocycles. The van der Waals surface area contributed by atoms with Crippen LogP contribution in [0.1, 0.15) is 65.0 Å². The number of nitrogens with zero attached hydrogens (tertiary/aromatic N) is 1. The van der Waals surface area contributed by atoms with Gasteiger partial charge in [0.25, 0.3) is 0 Å². The maximum atomic E-state index is 12.6. The lowest BCUT2D eigenvalue weighted by Crippen LogP contribution is -2.47. The number of guanidine groups is 1. The van der Waals surface area contributed by atoms with E-state index in [1.165, 1.54) is 0 Å². The Morgan fingerprint density at radius 1 is 0.810 bits per heavy atom. The molecule has 2 aromatic rings. The molecule has 12 heteroatoms. The average Bonchev–Trinajstić information content (AvgIpc) is 3.18. The predicted octanol–water partition coefficient (Wildman–Crippen LogP) is 4.77. The third-order valence-corrected chi connectivity index (χ3v) is 5.86. The summed E-state index contributed by atoms with van der Waals surface area (Å²) in [6.45, 7) is 9.81. The van der Waals surface area contributed by atoms with Crippen molar-refractivity contribution in [3.8, 4) is 11.1 Å². The number of benzene rings is 2. The Morgan fingerprint density at radius 3 is 1.74 bits per heavy atom. The van der Waals surface area contributed by atoms with Gasteiger partial charge in [0, 0.05) is 12.5 Å². The fraction of sp³-hybridized carbons (Fsp3) is 0.433. The van der Waals surface area contributed by atoms with Crippen molar-refractivity contribution in [1.82, 2.24) is 16.0 Å². The number of alkyl carbamates (subject to hydrolysis) is 3. The topological polar surface area (TPSA) is 165 Å². The number of nitrogens with one attached hydrogen (secondary N) is 3. The molecule has 0 bridgehead atoms. The van der Waals surface area contributed by atoms with Crippen molar-refractivity contribution >= 4 is 30.2 Å². The van der Waals surface area contributed by atoms with E-state index in [0.29, 0.717) is 0 Å². The molecule has 3 rings (SSSR count). The van der Waals surface area contributed by atoms with E-state index in [4.69, 9.17) is 14.2 Å². The number of aliphatic imine (C=N–C) groups is 1. The Kier molecular flexibility index (Phi) is 10.2. The second-order valence-corrected chi connectivity index (χ2v) is 11.6. The zero-order valence-corrected chi connectivity index (χ0v) is 24.6. The van der Waals surface area contributed by atoms with E-state index in [1.807, 2.05) is 48.5 Å². The first-order valence-electron chi connectivity index (χ1n) is 13.5. The van der Waals surface area contributed by atoms with Crippen molar-refractivity contribution in [1.29, 1.82) is 0 Å². The van der Waals surface area contributed by atoms with Gasteiger partial charge in [-0.1, -0.05) is 48.5 Å². The number of amides is 3. The van der Waals surface area contributed by atoms with E-state index in [-0.39, 0.29) is 31.4 Å². The van der Waals surface area contributed by atoms with Gasteiger partial charge in [-0.15, -0.1) is 0 Å². The molecular formula is C30H38N4O8. The van der Waals surface area contributed by atoms with Gasteiger partial charge in [0.1, 0.15) is 23.9 Å². The van der Waals surface area contributed by atoms with E-state index < -0.39 is 41.5 Å². The number of ether oxygens (including phenoxy) is 3. The van der Waals surface area contributed by atoms with E-state index in [1.54, 1.807) is 41.5 Å². The van der Waals surface area contributed by atoms with E-state index >= 15 is 0 Å². The molecule has 1 aliphatic carbocycles. The minimum atomic E-state index is -1.35. The van der Waals surface area contributed by atoms with Gasteiger partial charge in [0.2, 0.25) is 5.96 Å². The fourth-order valence-electron chi connectivity index (χ4n) is 4.26. The first-order valence-corrected chi connectivity index (χ1v) is 13.5. The maximum Gasteiger partial charge on any atom is 0.414 e. The van der Waals surface area contributed by atoms with Gasteiger partial charge < -0.3 is 24.6 Å². The van der Waals surface area contributed by atoms with Crippen LogP contribution >= 0.6 is 0 Å². The second-order valence-electron chi connectivity index (χ2n) is 11.6. The quantitative estimate of drug-likeness (QED) is 0.206. The van der Waals surface area contributed by atoms with E-state index in [2.05, 4.69) is 20.9 Å². The number of carboxylic acid groups (broad SMARTS) is 1. The van der Waals surface area contributed by atoms with Crippen LogP contribution in [0.4, 0.5) is 14.4 Å². The van der Waals surface area contributed by atoms with Crippen molar-refractivity contribution in [2.75, 3.05) is 13.2 Å². The summed E-state index contributed by atoms with van der Waals surface area (Å²) >= 11 is 0. The first kappa shape index (κ1) is 31.9. The summed E-state index contributed by atoms with van der Waals surface area (Å²) in [7, 11) is 0. The highest BCUT2D eigenvalue weighted by Crippen LogP contribution is 2.44. The van der Waals surface area contributed by atoms with Gasteiger partial charge in [0.15, 0.2) is 0 Å². The van der Waals surface area contributed by atoms with Crippen molar-refractivity contribution in [2.45, 2.75) is 71.1 Å². The molecule has 1 aliphatic rings. The van der Waals surface area contributed by atoms with Crippen molar-refractivity contribution in [3.63, 3.8) is 0 Å². The molecule has 4 N–H and O–H groups in total. The van der Waals surface area contributed by atoms with Gasteiger partial charge in [-0.2, -0.15) is 0 Å². The van der Waals surface area contributed by atoms with Crippen LogP contribution in [0, 0.1) is 0 Å². The number of hydrogen-bond donors (Lipinski definition) is 4. The highest BCUT2D eigenvalue weighted by molar-refractivity contribution is 6.01. The molecule has 42 heavy (non-hydrogen) atoms. The highest BCUT2D eigenvalue weighted by Gasteiger charge is 2.30. The van der Waals surface area contributed by atoms with Crippen LogP contribution in [-0.4, -0.2) is 65.7 Å². The van der Waals surface area contributed by atoms with Crippen molar-refractivity contribution in [2.24, 2.45) is 4.99 Å². The Balaban J connectivity index is 1.62. The molecule has 0 spiro atoms. The van der Waals surface area contributed by atoms with Crippen LogP contribution in [0.3, 0.4) is 0 Å².